The zero-order chi connectivity index (χ0) is 13.1. The standard InChI is InChI=1S/C12H12N2O4/c1-2-18-12(16)6-11(15)8-3-4-10-9(5-8)7-13-14(10)17/h3-5,7,17H,2,6H2,1H3. The van der Waals surface area contributed by atoms with Gasteiger partial charge in [-0.15, -0.1) is 9.94 Å². The zero-order valence-corrected chi connectivity index (χ0v) is 9.79. The van der Waals surface area contributed by atoms with Gasteiger partial charge in [-0.25, -0.2) is 0 Å². The molecule has 0 fully saturated rings. The third-order valence-corrected chi connectivity index (χ3v) is 2.48. The van der Waals surface area contributed by atoms with E-state index < -0.39 is 5.97 Å². The van der Waals surface area contributed by atoms with E-state index in [1.54, 1.807) is 19.1 Å². The molecule has 0 aliphatic rings. The first-order valence-corrected chi connectivity index (χ1v) is 5.47. The molecule has 1 aromatic heterocycles. The van der Waals surface area contributed by atoms with Crippen molar-refractivity contribution in [2.24, 2.45) is 0 Å². The number of ketones is 1. The van der Waals surface area contributed by atoms with E-state index in [1.165, 1.54) is 12.3 Å². The van der Waals surface area contributed by atoms with Crippen LogP contribution in [0.4, 0.5) is 0 Å². The molecular weight excluding hydrogens is 236 g/mol. The Morgan fingerprint density at radius 3 is 2.94 bits per heavy atom. The average Bonchev–Trinajstić information content (AvgIpc) is 2.71. The lowest BCUT2D eigenvalue weighted by Crippen LogP contribution is -2.11. The van der Waals surface area contributed by atoms with Crippen LogP contribution in [-0.4, -0.2) is 33.5 Å². The third-order valence-electron chi connectivity index (χ3n) is 2.48. The molecule has 1 aromatic carbocycles. The molecule has 0 atom stereocenters. The van der Waals surface area contributed by atoms with Crippen molar-refractivity contribution in [3.05, 3.63) is 30.0 Å². The Hall–Kier alpha value is -2.37. The van der Waals surface area contributed by atoms with Crippen LogP contribution >= 0.6 is 0 Å². The molecule has 94 valence electrons. The summed E-state index contributed by atoms with van der Waals surface area (Å²) in [6.07, 6.45) is 1.16. The Bertz CT molecular complexity index is 603. The predicted octanol–water partition coefficient (Wildman–Crippen LogP) is 1.41. The Morgan fingerprint density at radius 2 is 2.22 bits per heavy atom. The molecule has 2 aromatic rings. The van der Waals surface area contributed by atoms with Gasteiger partial charge in [-0.2, -0.15) is 0 Å². The molecule has 0 saturated carbocycles. The van der Waals surface area contributed by atoms with E-state index in [2.05, 4.69) is 5.10 Å². The highest BCUT2D eigenvalue weighted by atomic mass is 16.5. The number of carbonyl (C=O) groups is 2. The van der Waals surface area contributed by atoms with Gasteiger partial charge in [0.2, 0.25) is 0 Å². The van der Waals surface area contributed by atoms with Crippen molar-refractivity contribution in [3.63, 3.8) is 0 Å². The lowest BCUT2D eigenvalue weighted by atomic mass is 10.1. The monoisotopic (exact) mass is 248 g/mol. The Labute approximate surface area is 103 Å². The van der Waals surface area contributed by atoms with Crippen LogP contribution in [0.2, 0.25) is 0 Å². The second-order valence-corrected chi connectivity index (χ2v) is 3.71. The molecule has 18 heavy (non-hydrogen) atoms. The summed E-state index contributed by atoms with van der Waals surface area (Å²) in [5.41, 5.74) is 0.895. The maximum absolute atomic E-state index is 11.8. The van der Waals surface area contributed by atoms with E-state index in [9.17, 15) is 14.8 Å². The first kappa shape index (κ1) is 12.1. The Balaban J connectivity index is 2.20. The highest BCUT2D eigenvalue weighted by molar-refractivity contribution is 6.07. The van der Waals surface area contributed by atoms with Gasteiger partial charge in [0.15, 0.2) is 5.78 Å². The molecule has 1 heterocycles. The van der Waals surface area contributed by atoms with Gasteiger partial charge < -0.3 is 9.94 Å². The van der Waals surface area contributed by atoms with Crippen LogP contribution in [0, 0.1) is 0 Å². The van der Waals surface area contributed by atoms with Crippen molar-refractivity contribution in [2.45, 2.75) is 13.3 Å². The maximum Gasteiger partial charge on any atom is 0.313 e. The normalized spacial score (nSPS) is 10.5. The lowest BCUT2D eigenvalue weighted by Gasteiger charge is -2.02. The van der Waals surface area contributed by atoms with Crippen LogP contribution < -0.4 is 0 Å². The lowest BCUT2D eigenvalue weighted by molar-refractivity contribution is -0.141. The summed E-state index contributed by atoms with van der Waals surface area (Å²) in [6, 6.07) is 4.69. The molecule has 0 spiro atoms. The second-order valence-electron chi connectivity index (χ2n) is 3.71. The molecule has 0 amide bonds. The van der Waals surface area contributed by atoms with Crippen LogP contribution in [0.1, 0.15) is 23.7 Å². The van der Waals surface area contributed by atoms with E-state index in [1.807, 2.05) is 0 Å². The number of hydrogen-bond acceptors (Lipinski definition) is 5. The summed E-state index contributed by atoms with van der Waals surface area (Å²) in [5, 5.41) is 13.6. The van der Waals surface area contributed by atoms with Crippen LogP contribution in [0.3, 0.4) is 0 Å². The number of benzene rings is 1. The topological polar surface area (TPSA) is 81.4 Å². The van der Waals surface area contributed by atoms with Gasteiger partial charge in [-0.05, 0) is 25.1 Å². The molecule has 6 nitrogen and oxygen atoms in total. The molecule has 0 unspecified atom stereocenters. The minimum absolute atomic E-state index is 0.252. The fourth-order valence-electron chi connectivity index (χ4n) is 1.64. The summed E-state index contributed by atoms with van der Waals surface area (Å²) in [4.78, 5) is 23.7. The van der Waals surface area contributed by atoms with Gasteiger partial charge in [0.1, 0.15) is 11.9 Å². The van der Waals surface area contributed by atoms with E-state index in [4.69, 9.17) is 4.74 Å². The smallest absolute Gasteiger partial charge is 0.313 e. The van der Waals surface area contributed by atoms with E-state index >= 15 is 0 Å². The first-order valence-electron chi connectivity index (χ1n) is 5.47. The molecule has 0 aliphatic carbocycles. The van der Waals surface area contributed by atoms with Crippen molar-refractivity contribution in [1.29, 1.82) is 0 Å². The minimum Gasteiger partial charge on any atom is -0.466 e. The van der Waals surface area contributed by atoms with Crippen molar-refractivity contribution in [2.75, 3.05) is 6.61 Å². The number of aromatic nitrogens is 2. The quantitative estimate of drug-likeness (QED) is 0.383. The molecule has 0 bridgehead atoms. The average molecular weight is 248 g/mol. The number of rotatable bonds is 4. The van der Waals surface area contributed by atoms with Crippen LogP contribution in [0.15, 0.2) is 24.4 Å². The fourth-order valence-corrected chi connectivity index (χ4v) is 1.64. The highest BCUT2D eigenvalue weighted by Gasteiger charge is 2.13. The number of hydrogen-bond donors (Lipinski definition) is 1. The number of nitrogens with zero attached hydrogens (tertiary/aromatic N) is 2. The molecule has 6 heteroatoms. The number of fused-ring (bicyclic) bond motifs is 1. The van der Waals surface area contributed by atoms with E-state index in [-0.39, 0.29) is 18.8 Å². The van der Waals surface area contributed by atoms with Crippen LogP contribution in [0.5, 0.6) is 0 Å². The van der Waals surface area contributed by atoms with Gasteiger partial charge >= 0.3 is 5.97 Å². The molecule has 2 rings (SSSR count). The Kier molecular flexibility index (Phi) is 3.27. The Morgan fingerprint density at radius 1 is 1.44 bits per heavy atom. The number of esters is 1. The van der Waals surface area contributed by atoms with Crippen LogP contribution in [0.25, 0.3) is 10.9 Å². The summed E-state index contributed by atoms with van der Waals surface area (Å²) in [6.45, 7) is 1.94. The third kappa shape index (κ3) is 2.32. The van der Waals surface area contributed by atoms with Crippen molar-refractivity contribution in [3.8, 4) is 0 Å². The van der Waals surface area contributed by atoms with Gasteiger partial charge in [0.25, 0.3) is 0 Å². The van der Waals surface area contributed by atoms with E-state index in [0.29, 0.717) is 16.5 Å². The van der Waals surface area contributed by atoms with Gasteiger partial charge in [0.05, 0.1) is 12.8 Å². The molecule has 1 N–H and O–H groups in total. The molecular formula is C12H12N2O4. The maximum atomic E-state index is 11.8. The predicted molar refractivity (Wildman–Crippen MR) is 62.5 cm³/mol. The summed E-state index contributed by atoms with van der Waals surface area (Å²) < 4.78 is 4.71. The molecule has 0 saturated heterocycles. The number of carbonyl (C=O) groups excluding carboxylic acids is 2. The van der Waals surface area contributed by atoms with Gasteiger partial charge in [-0.1, -0.05) is 0 Å². The summed E-state index contributed by atoms with van der Waals surface area (Å²) in [5.74, 6) is -0.860. The number of ether oxygens (including phenoxy) is 1. The zero-order valence-electron chi connectivity index (χ0n) is 9.79. The minimum atomic E-state index is -0.541. The fraction of sp³-hybridized carbons (Fsp3) is 0.250. The summed E-state index contributed by atoms with van der Waals surface area (Å²) >= 11 is 0. The molecule has 0 radical (unpaired) electrons. The van der Waals surface area contributed by atoms with Gasteiger partial charge in [-0.3, -0.25) is 9.59 Å². The first-order chi connectivity index (χ1) is 8.61. The number of Topliss-reactive ketones (excluding diaryl/α,β-unsaturated/α-hetero) is 1. The second kappa shape index (κ2) is 4.87. The van der Waals surface area contributed by atoms with Crippen molar-refractivity contribution in [1.82, 2.24) is 9.94 Å². The van der Waals surface area contributed by atoms with Gasteiger partial charge in [0, 0.05) is 10.9 Å². The van der Waals surface area contributed by atoms with Crippen molar-refractivity contribution >= 4 is 22.7 Å². The van der Waals surface area contributed by atoms with Crippen molar-refractivity contribution < 1.29 is 19.5 Å². The highest BCUT2D eigenvalue weighted by Crippen LogP contribution is 2.16. The largest absolute Gasteiger partial charge is 0.466 e. The SMILES string of the molecule is CCOC(=O)CC(=O)c1ccc2c(cnn2O)c1. The summed E-state index contributed by atoms with van der Waals surface area (Å²) in [7, 11) is 0. The van der Waals surface area contributed by atoms with E-state index in [0.717, 1.165) is 4.85 Å². The van der Waals surface area contributed by atoms with Crippen LogP contribution in [-0.2, 0) is 9.53 Å². The molecule has 0 aliphatic heterocycles.